The van der Waals surface area contributed by atoms with Crippen molar-refractivity contribution in [3.8, 4) is 17.4 Å². The fourth-order valence-corrected chi connectivity index (χ4v) is 2.31. The van der Waals surface area contributed by atoms with Crippen molar-refractivity contribution in [3.05, 3.63) is 51.7 Å². The van der Waals surface area contributed by atoms with Crippen LogP contribution in [-0.2, 0) is 4.79 Å². The molecule has 1 aliphatic carbocycles. The molecule has 0 unspecified atom stereocenters. The largest absolute Gasteiger partial charge is 0.457 e. The van der Waals surface area contributed by atoms with E-state index in [1.807, 2.05) is 6.07 Å². The Balaban J connectivity index is 1.82. The van der Waals surface area contributed by atoms with Gasteiger partial charge in [-0.2, -0.15) is 5.26 Å². The maximum Gasteiger partial charge on any atom is 0.262 e. The molecule has 3 rings (SSSR count). The molecule has 4 nitrogen and oxygen atoms in total. The number of amides is 1. The van der Waals surface area contributed by atoms with Crippen molar-refractivity contribution in [2.75, 3.05) is 0 Å². The minimum Gasteiger partial charge on any atom is -0.457 e. The van der Waals surface area contributed by atoms with Crippen molar-refractivity contribution in [2.45, 2.75) is 18.9 Å². The standard InChI is InChI=1S/C17H12Cl2N2O2/c18-14-5-1-10(8-15(14)19)16-6-4-13(23-16)7-11(9-20)17(22)21-12-2-3-12/h1,4-8,12H,2-3H2,(H,21,22)/b11-7+. The highest BCUT2D eigenvalue weighted by Crippen LogP contribution is 2.30. The maximum atomic E-state index is 11.9. The number of hydrogen-bond acceptors (Lipinski definition) is 3. The Kier molecular flexibility index (Phi) is 4.42. The molecule has 0 atom stereocenters. The number of halogens is 2. The van der Waals surface area contributed by atoms with Gasteiger partial charge in [0.05, 0.1) is 10.0 Å². The first kappa shape index (κ1) is 15.7. The molecule has 116 valence electrons. The average Bonchev–Trinajstić information content (AvgIpc) is 3.22. The number of nitrogens with zero attached hydrogens (tertiary/aromatic N) is 1. The predicted molar refractivity (Wildman–Crippen MR) is 88.9 cm³/mol. The predicted octanol–water partition coefficient (Wildman–Crippen LogP) is 4.44. The van der Waals surface area contributed by atoms with Crippen LogP contribution in [0.1, 0.15) is 18.6 Å². The second kappa shape index (κ2) is 6.49. The van der Waals surface area contributed by atoms with Crippen molar-refractivity contribution < 1.29 is 9.21 Å². The minimum absolute atomic E-state index is 0.0203. The quantitative estimate of drug-likeness (QED) is 0.657. The molecule has 1 aliphatic rings. The molecule has 0 radical (unpaired) electrons. The molecule has 1 heterocycles. The number of rotatable bonds is 4. The van der Waals surface area contributed by atoms with Crippen molar-refractivity contribution in [3.63, 3.8) is 0 Å². The van der Waals surface area contributed by atoms with E-state index in [1.165, 1.54) is 6.08 Å². The number of benzene rings is 1. The highest BCUT2D eigenvalue weighted by Gasteiger charge is 2.24. The molecule has 23 heavy (non-hydrogen) atoms. The fourth-order valence-electron chi connectivity index (χ4n) is 2.02. The number of hydrogen-bond donors (Lipinski definition) is 1. The second-order valence-electron chi connectivity index (χ2n) is 5.25. The van der Waals surface area contributed by atoms with Crippen LogP contribution in [-0.4, -0.2) is 11.9 Å². The van der Waals surface area contributed by atoms with Crippen LogP contribution in [0.25, 0.3) is 17.4 Å². The zero-order valence-electron chi connectivity index (χ0n) is 12.0. The summed E-state index contributed by atoms with van der Waals surface area (Å²) in [5.74, 6) is 0.630. The van der Waals surface area contributed by atoms with Gasteiger partial charge in [0.1, 0.15) is 23.2 Å². The van der Waals surface area contributed by atoms with Gasteiger partial charge in [-0.25, -0.2) is 0 Å². The van der Waals surface area contributed by atoms with Crippen LogP contribution in [0.15, 0.2) is 40.3 Å². The Labute approximate surface area is 143 Å². The van der Waals surface area contributed by atoms with Crippen molar-refractivity contribution in [2.24, 2.45) is 0 Å². The van der Waals surface area contributed by atoms with Gasteiger partial charge < -0.3 is 9.73 Å². The molecule has 2 aromatic rings. The monoisotopic (exact) mass is 346 g/mol. The van der Waals surface area contributed by atoms with Gasteiger partial charge in [0.25, 0.3) is 5.91 Å². The molecule has 0 aliphatic heterocycles. The van der Waals surface area contributed by atoms with Crippen molar-refractivity contribution in [1.82, 2.24) is 5.32 Å². The normalized spacial score (nSPS) is 14.4. The van der Waals surface area contributed by atoms with Gasteiger partial charge in [0, 0.05) is 17.7 Å². The molecule has 1 saturated carbocycles. The maximum absolute atomic E-state index is 11.9. The van der Waals surface area contributed by atoms with E-state index >= 15 is 0 Å². The lowest BCUT2D eigenvalue weighted by Gasteiger charge is -2.01. The van der Waals surface area contributed by atoms with E-state index < -0.39 is 0 Å². The van der Waals surface area contributed by atoms with Crippen LogP contribution in [0.5, 0.6) is 0 Å². The summed E-state index contributed by atoms with van der Waals surface area (Å²) >= 11 is 11.9. The third-order valence-corrected chi connectivity index (χ3v) is 4.13. The SMILES string of the molecule is N#C/C(=C\c1ccc(-c2ccc(Cl)c(Cl)c2)o1)C(=O)NC1CC1. The molecule has 6 heteroatoms. The van der Waals surface area contributed by atoms with E-state index in [0.717, 1.165) is 18.4 Å². The Bertz CT molecular complexity index is 829. The molecule has 1 fully saturated rings. The lowest BCUT2D eigenvalue weighted by atomic mass is 10.2. The summed E-state index contributed by atoms with van der Waals surface area (Å²) in [5, 5.41) is 12.8. The van der Waals surface area contributed by atoms with Gasteiger partial charge in [-0.3, -0.25) is 4.79 Å². The summed E-state index contributed by atoms with van der Waals surface area (Å²) in [6.07, 6.45) is 3.36. The van der Waals surface area contributed by atoms with E-state index in [1.54, 1.807) is 30.3 Å². The summed E-state index contributed by atoms with van der Waals surface area (Å²) in [6, 6.07) is 10.7. The molecule has 1 aromatic heterocycles. The van der Waals surface area contributed by atoms with E-state index in [0.29, 0.717) is 21.6 Å². The lowest BCUT2D eigenvalue weighted by molar-refractivity contribution is -0.117. The Morgan fingerprint density at radius 2 is 2.04 bits per heavy atom. The second-order valence-corrected chi connectivity index (χ2v) is 6.06. The molecule has 0 bridgehead atoms. The molecule has 1 N–H and O–H groups in total. The molecule has 1 aromatic carbocycles. The van der Waals surface area contributed by atoms with Crippen LogP contribution in [0.3, 0.4) is 0 Å². The third kappa shape index (κ3) is 3.76. The average molecular weight is 347 g/mol. The lowest BCUT2D eigenvalue weighted by Crippen LogP contribution is -2.26. The summed E-state index contributed by atoms with van der Waals surface area (Å²) in [4.78, 5) is 11.9. The third-order valence-electron chi connectivity index (χ3n) is 3.40. The molecular weight excluding hydrogens is 335 g/mol. The number of nitriles is 1. The number of nitrogens with one attached hydrogen (secondary N) is 1. The van der Waals surface area contributed by atoms with E-state index in [-0.39, 0.29) is 17.5 Å². The van der Waals surface area contributed by atoms with Crippen LogP contribution in [0.2, 0.25) is 10.0 Å². The number of furan rings is 1. The molecule has 0 spiro atoms. The Morgan fingerprint density at radius 1 is 1.26 bits per heavy atom. The van der Waals surface area contributed by atoms with Gasteiger partial charge in [-0.05, 0) is 43.2 Å². The number of carbonyl (C=O) groups is 1. The van der Waals surface area contributed by atoms with Gasteiger partial charge >= 0.3 is 0 Å². The van der Waals surface area contributed by atoms with Crippen molar-refractivity contribution in [1.29, 1.82) is 5.26 Å². The summed E-state index contributed by atoms with van der Waals surface area (Å²) < 4.78 is 5.66. The van der Waals surface area contributed by atoms with Crippen molar-refractivity contribution >= 4 is 35.2 Å². The molecule has 1 amide bonds. The highest BCUT2D eigenvalue weighted by atomic mass is 35.5. The van der Waals surface area contributed by atoms with Crippen LogP contribution < -0.4 is 5.32 Å². The summed E-state index contributed by atoms with van der Waals surface area (Å²) in [5.41, 5.74) is 0.784. The van der Waals surface area contributed by atoms with Gasteiger partial charge in [0.2, 0.25) is 0 Å². The van der Waals surface area contributed by atoms with Gasteiger partial charge in [0.15, 0.2) is 0 Å². The van der Waals surface area contributed by atoms with Gasteiger partial charge in [-0.15, -0.1) is 0 Å². The summed E-state index contributed by atoms with van der Waals surface area (Å²) in [6.45, 7) is 0. The number of carbonyl (C=O) groups excluding carboxylic acids is 1. The minimum atomic E-state index is -0.373. The fraction of sp³-hybridized carbons (Fsp3) is 0.176. The zero-order valence-corrected chi connectivity index (χ0v) is 13.5. The highest BCUT2D eigenvalue weighted by molar-refractivity contribution is 6.42. The Morgan fingerprint density at radius 3 is 2.70 bits per heavy atom. The summed E-state index contributed by atoms with van der Waals surface area (Å²) in [7, 11) is 0. The van der Waals surface area contributed by atoms with Gasteiger partial charge in [-0.1, -0.05) is 23.2 Å². The van der Waals surface area contributed by atoms with Crippen LogP contribution >= 0.6 is 23.2 Å². The van der Waals surface area contributed by atoms with E-state index in [2.05, 4.69) is 5.32 Å². The Hall–Kier alpha value is -2.22. The first-order chi connectivity index (χ1) is 11.1. The van der Waals surface area contributed by atoms with E-state index in [9.17, 15) is 4.79 Å². The first-order valence-corrected chi connectivity index (χ1v) is 7.80. The first-order valence-electron chi connectivity index (χ1n) is 7.05. The zero-order chi connectivity index (χ0) is 16.4. The smallest absolute Gasteiger partial charge is 0.262 e. The van der Waals surface area contributed by atoms with Crippen LogP contribution in [0, 0.1) is 11.3 Å². The van der Waals surface area contributed by atoms with E-state index in [4.69, 9.17) is 32.9 Å². The topological polar surface area (TPSA) is 66.0 Å². The molecule has 0 saturated heterocycles. The van der Waals surface area contributed by atoms with Crippen LogP contribution in [0.4, 0.5) is 0 Å². The molecular formula is C17H12Cl2N2O2.